The van der Waals surface area contributed by atoms with Gasteiger partial charge in [0.05, 0.1) is 5.41 Å². The van der Waals surface area contributed by atoms with Gasteiger partial charge in [0, 0.05) is 0 Å². The lowest BCUT2D eigenvalue weighted by molar-refractivity contribution is -0.117. The Morgan fingerprint density at radius 2 is 2.00 bits per heavy atom. The molecule has 1 aromatic rings. The van der Waals surface area contributed by atoms with E-state index >= 15 is 0 Å². The molecule has 1 aliphatic carbocycles. The van der Waals surface area contributed by atoms with Gasteiger partial charge in [-0.2, -0.15) is 0 Å². The number of carbonyl (C=O) groups excluding carboxylic acids is 1. The molecule has 0 atom stereocenters. The van der Waals surface area contributed by atoms with Crippen molar-refractivity contribution in [3.63, 3.8) is 0 Å². The van der Waals surface area contributed by atoms with Crippen LogP contribution in [0.15, 0.2) is 24.3 Å². The minimum atomic E-state index is -0.806. The van der Waals surface area contributed by atoms with Crippen LogP contribution in [-0.4, -0.2) is 12.5 Å². The monoisotopic (exact) mass is 234 g/mol. The molecule has 0 unspecified atom stereocenters. The maximum absolute atomic E-state index is 13.0. The van der Waals surface area contributed by atoms with E-state index in [1.165, 1.54) is 18.4 Å². The fourth-order valence-corrected chi connectivity index (χ4v) is 2.51. The highest BCUT2D eigenvalue weighted by Gasteiger charge is 2.45. The Balaban J connectivity index is 2.09. The molecule has 1 aromatic carbocycles. The van der Waals surface area contributed by atoms with Gasteiger partial charge in [0.25, 0.3) is 0 Å². The van der Waals surface area contributed by atoms with Crippen LogP contribution in [0.5, 0.6) is 0 Å². The summed E-state index contributed by atoms with van der Waals surface area (Å²) in [6.45, 7) is 2.17. The Labute approximate surface area is 102 Å². The summed E-state index contributed by atoms with van der Waals surface area (Å²) in [5.41, 5.74) is 1.73. The van der Waals surface area contributed by atoms with Gasteiger partial charge in [-0.1, -0.05) is 37.6 Å². The number of rotatable bonds is 5. The molecule has 2 rings (SSSR count). The third-order valence-corrected chi connectivity index (χ3v) is 3.74. The van der Waals surface area contributed by atoms with E-state index in [1.807, 2.05) is 12.1 Å². The molecule has 1 aliphatic rings. The van der Waals surface area contributed by atoms with Crippen LogP contribution in [0.2, 0.25) is 0 Å². The molecule has 0 spiro atoms. The van der Waals surface area contributed by atoms with E-state index in [9.17, 15) is 9.18 Å². The second-order valence-electron chi connectivity index (χ2n) is 5.08. The highest BCUT2D eigenvalue weighted by molar-refractivity contribution is 5.70. The van der Waals surface area contributed by atoms with Crippen molar-refractivity contribution in [2.45, 2.75) is 50.6 Å². The van der Waals surface area contributed by atoms with E-state index in [-0.39, 0.29) is 0 Å². The first-order valence-corrected chi connectivity index (χ1v) is 6.40. The maximum atomic E-state index is 13.0. The van der Waals surface area contributed by atoms with Crippen molar-refractivity contribution in [3.8, 4) is 0 Å². The molecule has 1 nitrogen and oxygen atoms in total. The SMILES string of the molecule is CCCCc1ccc(C2(C=O)CC(F)C2)cc1. The van der Waals surface area contributed by atoms with Crippen LogP contribution in [0.1, 0.15) is 43.7 Å². The van der Waals surface area contributed by atoms with E-state index in [0.717, 1.165) is 18.3 Å². The van der Waals surface area contributed by atoms with Crippen molar-refractivity contribution in [2.24, 2.45) is 0 Å². The first-order chi connectivity index (χ1) is 8.20. The summed E-state index contributed by atoms with van der Waals surface area (Å²) >= 11 is 0. The molecule has 0 saturated heterocycles. The molecule has 0 radical (unpaired) electrons. The third kappa shape index (κ3) is 2.41. The number of aryl methyl sites for hydroxylation is 1. The molecule has 2 heteroatoms. The Morgan fingerprint density at radius 1 is 1.35 bits per heavy atom. The minimum absolute atomic E-state index is 0.352. The van der Waals surface area contributed by atoms with Crippen LogP contribution in [0.4, 0.5) is 4.39 Å². The summed E-state index contributed by atoms with van der Waals surface area (Å²) in [7, 11) is 0. The highest BCUT2D eigenvalue weighted by Crippen LogP contribution is 2.43. The average molecular weight is 234 g/mol. The fraction of sp³-hybridized carbons (Fsp3) is 0.533. The summed E-state index contributed by atoms with van der Waals surface area (Å²) < 4.78 is 13.0. The summed E-state index contributed by atoms with van der Waals surface area (Å²) in [5, 5.41) is 0. The second kappa shape index (κ2) is 4.99. The zero-order valence-corrected chi connectivity index (χ0v) is 10.3. The van der Waals surface area contributed by atoms with E-state index in [0.29, 0.717) is 12.8 Å². The lowest BCUT2D eigenvalue weighted by atomic mass is 9.64. The molecular weight excluding hydrogens is 215 g/mol. The number of halogens is 1. The lowest BCUT2D eigenvalue weighted by Gasteiger charge is -2.40. The number of carbonyl (C=O) groups is 1. The predicted octanol–water partition coefficient (Wildman–Crippen LogP) is 3.60. The lowest BCUT2D eigenvalue weighted by Crippen LogP contribution is -2.43. The first kappa shape index (κ1) is 12.3. The molecule has 0 N–H and O–H groups in total. The Morgan fingerprint density at radius 3 is 2.47 bits per heavy atom. The Hall–Kier alpha value is -1.18. The Bertz CT molecular complexity index is 376. The number of benzene rings is 1. The van der Waals surface area contributed by atoms with Crippen LogP contribution in [0, 0.1) is 0 Å². The molecular formula is C15H19FO. The quantitative estimate of drug-likeness (QED) is 0.711. The molecule has 0 amide bonds. The summed E-state index contributed by atoms with van der Waals surface area (Å²) in [6, 6.07) is 8.13. The molecule has 0 aliphatic heterocycles. The fourth-order valence-electron chi connectivity index (χ4n) is 2.51. The normalized spacial score (nSPS) is 27.5. The number of hydrogen-bond acceptors (Lipinski definition) is 1. The molecule has 17 heavy (non-hydrogen) atoms. The molecule has 1 saturated carbocycles. The molecule has 92 valence electrons. The van der Waals surface area contributed by atoms with Crippen LogP contribution >= 0.6 is 0 Å². The standard InChI is InChI=1S/C15H19FO/c1-2-3-4-12-5-7-13(8-6-12)15(11-17)9-14(16)10-15/h5-8,11,14H,2-4,9-10H2,1H3. The van der Waals surface area contributed by atoms with Gasteiger partial charge in [0.15, 0.2) is 0 Å². The maximum Gasteiger partial charge on any atom is 0.130 e. The van der Waals surface area contributed by atoms with Crippen LogP contribution in [0.3, 0.4) is 0 Å². The van der Waals surface area contributed by atoms with Gasteiger partial charge in [-0.05, 0) is 36.8 Å². The number of unbranched alkanes of at least 4 members (excludes halogenated alkanes) is 1. The van der Waals surface area contributed by atoms with Gasteiger partial charge in [-0.15, -0.1) is 0 Å². The molecule has 0 bridgehead atoms. The number of aldehydes is 1. The van der Waals surface area contributed by atoms with Crippen molar-refractivity contribution in [3.05, 3.63) is 35.4 Å². The van der Waals surface area contributed by atoms with Gasteiger partial charge in [0.1, 0.15) is 12.5 Å². The van der Waals surface area contributed by atoms with Crippen LogP contribution in [0.25, 0.3) is 0 Å². The van der Waals surface area contributed by atoms with Crippen LogP contribution in [-0.2, 0) is 16.6 Å². The number of hydrogen-bond donors (Lipinski definition) is 0. The first-order valence-electron chi connectivity index (χ1n) is 6.40. The second-order valence-corrected chi connectivity index (χ2v) is 5.08. The molecule has 1 fully saturated rings. The van der Waals surface area contributed by atoms with Gasteiger partial charge in [-0.3, -0.25) is 0 Å². The summed E-state index contributed by atoms with van der Waals surface area (Å²) in [5.74, 6) is 0. The van der Waals surface area contributed by atoms with E-state index in [2.05, 4.69) is 19.1 Å². The average Bonchev–Trinajstić information content (AvgIpc) is 2.33. The molecule has 0 aromatic heterocycles. The van der Waals surface area contributed by atoms with Gasteiger partial charge in [-0.25, -0.2) is 4.39 Å². The van der Waals surface area contributed by atoms with E-state index in [1.54, 1.807) is 0 Å². The largest absolute Gasteiger partial charge is 0.302 e. The van der Waals surface area contributed by atoms with Crippen molar-refractivity contribution in [1.82, 2.24) is 0 Å². The predicted molar refractivity (Wildman–Crippen MR) is 66.9 cm³/mol. The van der Waals surface area contributed by atoms with Gasteiger partial charge in [0.2, 0.25) is 0 Å². The van der Waals surface area contributed by atoms with Crippen molar-refractivity contribution in [1.29, 1.82) is 0 Å². The van der Waals surface area contributed by atoms with Crippen molar-refractivity contribution in [2.75, 3.05) is 0 Å². The van der Waals surface area contributed by atoms with Gasteiger partial charge < -0.3 is 4.79 Å². The highest BCUT2D eigenvalue weighted by atomic mass is 19.1. The zero-order chi connectivity index (χ0) is 12.3. The summed E-state index contributed by atoms with van der Waals surface area (Å²) in [4.78, 5) is 11.1. The number of alkyl halides is 1. The smallest absolute Gasteiger partial charge is 0.130 e. The van der Waals surface area contributed by atoms with Gasteiger partial charge >= 0.3 is 0 Å². The van der Waals surface area contributed by atoms with Crippen molar-refractivity contribution < 1.29 is 9.18 Å². The third-order valence-electron chi connectivity index (χ3n) is 3.74. The molecule has 0 heterocycles. The topological polar surface area (TPSA) is 17.1 Å². The van der Waals surface area contributed by atoms with Crippen LogP contribution < -0.4 is 0 Å². The van der Waals surface area contributed by atoms with E-state index in [4.69, 9.17) is 0 Å². The zero-order valence-electron chi connectivity index (χ0n) is 10.3. The minimum Gasteiger partial charge on any atom is -0.302 e. The van der Waals surface area contributed by atoms with E-state index < -0.39 is 11.6 Å². The van der Waals surface area contributed by atoms with Crippen molar-refractivity contribution >= 4 is 6.29 Å². The Kier molecular flexibility index (Phi) is 3.60. The summed E-state index contributed by atoms with van der Waals surface area (Å²) in [6.07, 6.45) is 4.27.